The molecule has 0 aliphatic carbocycles. The molecule has 0 bridgehead atoms. The molecular weight excluding hydrogens is 327 g/mol. The summed E-state index contributed by atoms with van der Waals surface area (Å²) >= 11 is 0. The number of aromatic nitrogens is 2. The van der Waals surface area contributed by atoms with Gasteiger partial charge in [0.05, 0.1) is 20.4 Å². The smallest absolute Gasteiger partial charge is 0.292 e. The lowest BCUT2D eigenvalue weighted by atomic mass is 10.3. The van der Waals surface area contributed by atoms with Crippen LogP contribution < -0.4 is 28.5 Å². The molecule has 0 N–H and O–H groups in total. The van der Waals surface area contributed by atoms with E-state index in [9.17, 15) is 0 Å². The number of hydrogen-bond donors (Lipinski definition) is 0. The lowest BCUT2D eigenvalue weighted by Crippen LogP contribution is -3.00. The van der Waals surface area contributed by atoms with Crippen molar-refractivity contribution in [2.24, 2.45) is 14.1 Å². The summed E-state index contributed by atoms with van der Waals surface area (Å²) in [6, 6.07) is 10.3. The van der Waals surface area contributed by atoms with Gasteiger partial charge in [-0.3, -0.25) is 0 Å². The number of hydrogen-bond acceptors (Lipinski definition) is 1. The molecule has 2 heterocycles. The van der Waals surface area contributed by atoms with Crippen molar-refractivity contribution >= 4 is 11.0 Å². The third kappa shape index (κ3) is 1.76. The second kappa shape index (κ2) is 4.52. The number of benzene rings is 1. The van der Waals surface area contributed by atoms with E-state index < -0.39 is 0 Å². The molecule has 0 fully saturated rings. The fourth-order valence-corrected chi connectivity index (χ4v) is 2.26. The minimum Gasteiger partial charge on any atom is -1.00 e. The molecule has 1 aromatic carbocycles. The summed E-state index contributed by atoms with van der Waals surface area (Å²) in [5.74, 6) is 1.15. The van der Waals surface area contributed by atoms with Gasteiger partial charge in [-0.05, 0) is 18.2 Å². The maximum absolute atomic E-state index is 5.15. The fraction of sp³-hybridized carbons (Fsp3) is 0.154. The molecule has 88 valence electrons. The molecule has 0 unspecified atom stereocenters. The highest BCUT2D eigenvalue weighted by molar-refractivity contribution is 5.75. The molecule has 0 radical (unpaired) electrons. The molecular formula is C13H13IN2O. The normalized spacial score (nSPS) is 10.5. The first-order valence-corrected chi connectivity index (χ1v) is 5.25. The maximum atomic E-state index is 5.15. The second-order valence-corrected chi connectivity index (χ2v) is 3.94. The molecule has 3 aromatic rings. The van der Waals surface area contributed by atoms with E-state index in [1.807, 2.05) is 6.07 Å². The van der Waals surface area contributed by atoms with E-state index in [1.165, 1.54) is 11.0 Å². The number of nitrogens with zero attached hydrogens (tertiary/aromatic N) is 2. The van der Waals surface area contributed by atoms with Gasteiger partial charge in [-0.15, -0.1) is 0 Å². The first kappa shape index (κ1) is 12.2. The Hall–Kier alpha value is -1.30. The van der Waals surface area contributed by atoms with Gasteiger partial charge in [-0.2, -0.15) is 0 Å². The highest BCUT2D eigenvalue weighted by Gasteiger charge is 2.21. The van der Waals surface area contributed by atoms with Crippen LogP contribution in [0.15, 0.2) is 47.3 Å². The maximum Gasteiger partial charge on any atom is 0.292 e. The van der Waals surface area contributed by atoms with Crippen molar-refractivity contribution in [2.75, 3.05) is 0 Å². The molecule has 0 amide bonds. The molecule has 0 aliphatic rings. The highest BCUT2D eigenvalue weighted by atomic mass is 127. The van der Waals surface area contributed by atoms with Crippen LogP contribution in [0.3, 0.4) is 0 Å². The predicted octanol–water partition coefficient (Wildman–Crippen LogP) is -0.733. The van der Waals surface area contributed by atoms with E-state index in [1.54, 1.807) is 12.5 Å². The Balaban J connectivity index is 0.00000108. The molecule has 2 aromatic heterocycles. The second-order valence-electron chi connectivity index (χ2n) is 3.94. The third-order valence-electron chi connectivity index (χ3n) is 3.02. The zero-order valence-electron chi connectivity index (χ0n) is 9.72. The number of para-hydroxylation sites is 2. The van der Waals surface area contributed by atoms with Crippen LogP contribution in [0.4, 0.5) is 0 Å². The summed E-state index contributed by atoms with van der Waals surface area (Å²) in [6.45, 7) is 0. The van der Waals surface area contributed by atoms with Crippen molar-refractivity contribution in [3.63, 3.8) is 0 Å². The van der Waals surface area contributed by atoms with E-state index >= 15 is 0 Å². The van der Waals surface area contributed by atoms with Gasteiger partial charge in [-0.25, -0.2) is 9.13 Å². The van der Waals surface area contributed by atoms with Gasteiger partial charge < -0.3 is 28.4 Å². The van der Waals surface area contributed by atoms with E-state index in [-0.39, 0.29) is 24.0 Å². The molecule has 0 spiro atoms. The van der Waals surface area contributed by atoms with Crippen molar-refractivity contribution < 1.29 is 33.0 Å². The number of rotatable bonds is 1. The Morgan fingerprint density at radius 2 is 1.94 bits per heavy atom. The van der Waals surface area contributed by atoms with E-state index in [4.69, 9.17) is 4.42 Å². The predicted molar refractivity (Wildman–Crippen MR) is 61.8 cm³/mol. The van der Waals surface area contributed by atoms with Gasteiger partial charge in [0, 0.05) is 0 Å². The average molecular weight is 340 g/mol. The SMILES string of the molecule is Cn1c(-c2ccoc2)[n+](C)c2ccccc21.[I-]. The molecule has 17 heavy (non-hydrogen) atoms. The van der Waals surface area contributed by atoms with Crippen LogP contribution in [0.5, 0.6) is 0 Å². The highest BCUT2D eigenvalue weighted by Crippen LogP contribution is 2.21. The van der Waals surface area contributed by atoms with Crippen molar-refractivity contribution in [1.29, 1.82) is 0 Å². The molecule has 0 saturated carbocycles. The summed E-state index contributed by atoms with van der Waals surface area (Å²) in [4.78, 5) is 0. The van der Waals surface area contributed by atoms with Gasteiger partial charge in [-0.1, -0.05) is 12.1 Å². The van der Waals surface area contributed by atoms with Crippen molar-refractivity contribution in [3.05, 3.63) is 42.9 Å². The first-order valence-electron chi connectivity index (χ1n) is 5.25. The molecule has 0 atom stereocenters. The third-order valence-corrected chi connectivity index (χ3v) is 3.02. The molecule has 0 saturated heterocycles. The van der Waals surface area contributed by atoms with Crippen LogP contribution in [0.2, 0.25) is 0 Å². The van der Waals surface area contributed by atoms with Gasteiger partial charge in [0.25, 0.3) is 5.82 Å². The van der Waals surface area contributed by atoms with Crippen LogP contribution in [0.25, 0.3) is 22.4 Å². The van der Waals surface area contributed by atoms with Crippen LogP contribution in [-0.2, 0) is 14.1 Å². The van der Waals surface area contributed by atoms with Crippen molar-refractivity contribution in [2.45, 2.75) is 0 Å². The van der Waals surface area contributed by atoms with Gasteiger partial charge in [0.2, 0.25) is 0 Å². The lowest BCUT2D eigenvalue weighted by molar-refractivity contribution is -0.634. The summed E-state index contributed by atoms with van der Waals surface area (Å²) in [5.41, 5.74) is 3.55. The Kier molecular flexibility index (Phi) is 3.24. The number of halogens is 1. The van der Waals surface area contributed by atoms with Crippen LogP contribution >= 0.6 is 0 Å². The number of furan rings is 1. The summed E-state index contributed by atoms with van der Waals surface area (Å²) in [5, 5.41) is 0. The Bertz CT molecular complexity index is 602. The van der Waals surface area contributed by atoms with Crippen molar-refractivity contribution in [3.8, 4) is 11.4 Å². The largest absolute Gasteiger partial charge is 1.00 e. The first-order chi connectivity index (χ1) is 7.79. The Morgan fingerprint density at radius 3 is 2.59 bits per heavy atom. The van der Waals surface area contributed by atoms with Crippen LogP contribution in [0, 0.1) is 0 Å². The summed E-state index contributed by atoms with van der Waals surface area (Å²) in [6.07, 6.45) is 3.47. The molecule has 0 aliphatic heterocycles. The van der Waals surface area contributed by atoms with Gasteiger partial charge in [0.15, 0.2) is 11.0 Å². The summed E-state index contributed by atoms with van der Waals surface area (Å²) < 4.78 is 9.51. The number of imidazole rings is 1. The lowest BCUT2D eigenvalue weighted by Gasteiger charge is -1.93. The summed E-state index contributed by atoms with van der Waals surface area (Å²) in [7, 11) is 4.15. The molecule has 4 heteroatoms. The van der Waals surface area contributed by atoms with Gasteiger partial charge >= 0.3 is 0 Å². The van der Waals surface area contributed by atoms with E-state index in [0.29, 0.717) is 0 Å². The minimum atomic E-state index is 0. The van der Waals surface area contributed by atoms with E-state index in [0.717, 1.165) is 11.4 Å². The standard InChI is InChI=1S/C13H13N2O.HI/c1-14-11-5-3-4-6-12(11)15(2)13(14)10-7-8-16-9-10;/h3-9H,1-2H3;1H/q+1;/p-1. The number of fused-ring (bicyclic) bond motifs is 1. The average Bonchev–Trinajstić information content (AvgIpc) is 2.89. The number of aryl methyl sites for hydroxylation is 2. The minimum absolute atomic E-state index is 0. The monoisotopic (exact) mass is 340 g/mol. The zero-order chi connectivity index (χ0) is 11.1. The van der Waals surface area contributed by atoms with Crippen molar-refractivity contribution in [1.82, 2.24) is 4.57 Å². The van der Waals surface area contributed by atoms with E-state index in [2.05, 4.69) is 47.5 Å². The Labute approximate surface area is 117 Å². The Morgan fingerprint density at radius 1 is 1.18 bits per heavy atom. The topological polar surface area (TPSA) is 21.9 Å². The quantitative estimate of drug-likeness (QED) is 0.423. The van der Waals surface area contributed by atoms with Gasteiger partial charge in [0.1, 0.15) is 11.8 Å². The molecule has 3 nitrogen and oxygen atoms in total. The van der Waals surface area contributed by atoms with Crippen LogP contribution in [0.1, 0.15) is 0 Å². The fourth-order valence-electron chi connectivity index (χ4n) is 2.26. The zero-order valence-corrected chi connectivity index (χ0v) is 11.9. The van der Waals surface area contributed by atoms with Crippen LogP contribution in [-0.4, -0.2) is 4.57 Å². The molecule has 3 rings (SSSR count).